The molecule has 3 rings (SSSR count). The Kier molecular flexibility index (Phi) is 5.76. The third-order valence-corrected chi connectivity index (χ3v) is 3.72. The number of benzene rings is 3. The number of nitrogen functional groups attached to an aromatic ring is 1. The maximum absolute atomic E-state index is 12.9. The van der Waals surface area contributed by atoms with Crippen LogP contribution in [0.2, 0.25) is 0 Å². The van der Waals surface area contributed by atoms with E-state index in [0.29, 0.717) is 22.6 Å². The lowest BCUT2D eigenvalue weighted by Crippen LogP contribution is -2.17. The molecule has 0 heterocycles. The number of hydrazone groups is 1. The molecule has 0 saturated carbocycles. The van der Waals surface area contributed by atoms with E-state index >= 15 is 0 Å². The molecule has 3 aromatic rings. The lowest BCUT2D eigenvalue weighted by atomic mass is 10.2. The number of nitrogens with zero attached hydrogens (tertiary/aromatic N) is 1. The van der Waals surface area contributed by atoms with Gasteiger partial charge in [-0.3, -0.25) is 4.79 Å². The summed E-state index contributed by atoms with van der Waals surface area (Å²) in [5.74, 6) is -1.04. The van der Waals surface area contributed by atoms with Crippen LogP contribution in [0.1, 0.15) is 26.3 Å². The number of halogens is 1. The van der Waals surface area contributed by atoms with Crippen LogP contribution in [0.25, 0.3) is 0 Å². The Bertz CT molecular complexity index is 999. The second-order valence-corrected chi connectivity index (χ2v) is 5.79. The van der Waals surface area contributed by atoms with Gasteiger partial charge in [0.15, 0.2) is 0 Å². The summed E-state index contributed by atoms with van der Waals surface area (Å²) in [4.78, 5) is 23.9. The van der Waals surface area contributed by atoms with E-state index in [1.54, 1.807) is 48.5 Å². The molecule has 0 spiro atoms. The quantitative estimate of drug-likeness (QED) is 0.234. The van der Waals surface area contributed by atoms with Crippen molar-refractivity contribution in [3.8, 4) is 5.75 Å². The smallest absolute Gasteiger partial charge is 0.343 e. The summed E-state index contributed by atoms with van der Waals surface area (Å²) in [7, 11) is 0. The van der Waals surface area contributed by atoms with Crippen LogP contribution in [0, 0.1) is 5.82 Å². The van der Waals surface area contributed by atoms with Gasteiger partial charge < -0.3 is 10.5 Å². The van der Waals surface area contributed by atoms with Crippen molar-refractivity contribution in [1.29, 1.82) is 0 Å². The number of carbonyl (C=O) groups is 2. The molecular weight excluding hydrogens is 361 g/mol. The van der Waals surface area contributed by atoms with Crippen molar-refractivity contribution in [2.24, 2.45) is 5.10 Å². The second kappa shape index (κ2) is 8.59. The molecule has 0 atom stereocenters. The van der Waals surface area contributed by atoms with Gasteiger partial charge in [0.25, 0.3) is 5.91 Å². The fourth-order valence-corrected chi connectivity index (χ4v) is 2.24. The molecule has 0 aliphatic rings. The predicted molar refractivity (Wildman–Crippen MR) is 104 cm³/mol. The van der Waals surface area contributed by atoms with Gasteiger partial charge in [-0.05, 0) is 78.4 Å². The van der Waals surface area contributed by atoms with Crippen molar-refractivity contribution in [3.05, 3.63) is 95.3 Å². The Morgan fingerprint density at radius 2 is 1.50 bits per heavy atom. The van der Waals surface area contributed by atoms with Gasteiger partial charge in [-0.25, -0.2) is 14.6 Å². The highest BCUT2D eigenvalue weighted by Gasteiger charge is 2.08. The monoisotopic (exact) mass is 377 g/mol. The molecule has 1 amide bonds. The largest absolute Gasteiger partial charge is 0.423 e. The number of amides is 1. The van der Waals surface area contributed by atoms with Crippen molar-refractivity contribution >= 4 is 23.8 Å². The van der Waals surface area contributed by atoms with Crippen LogP contribution in [0.5, 0.6) is 5.75 Å². The molecule has 3 N–H and O–H groups in total. The van der Waals surface area contributed by atoms with E-state index < -0.39 is 11.8 Å². The van der Waals surface area contributed by atoms with Crippen molar-refractivity contribution in [2.45, 2.75) is 0 Å². The first-order valence-electron chi connectivity index (χ1n) is 8.28. The van der Waals surface area contributed by atoms with E-state index in [1.807, 2.05) is 0 Å². The van der Waals surface area contributed by atoms with E-state index in [2.05, 4.69) is 10.5 Å². The molecule has 0 saturated heterocycles. The fraction of sp³-hybridized carbons (Fsp3) is 0. The second-order valence-electron chi connectivity index (χ2n) is 5.79. The average molecular weight is 377 g/mol. The van der Waals surface area contributed by atoms with E-state index in [4.69, 9.17) is 10.5 Å². The summed E-state index contributed by atoms with van der Waals surface area (Å²) in [6, 6.07) is 18.1. The van der Waals surface area contributed by atoms with Gasteiger partial charge >= 0.3 is 5.97 Å². The van der Waals surface area contributed by atoms with Crippen molar-refractivity contribution in [1.82, 2.24) is 5.43 Å². The predicted octanol–water partition coefficient (Wildman–Crippen LogP) is 3.39. The van der Waals surface area contributed by atoms with E-state index in [-0.39, 0.29) is 11.5 Å². The molecule has 0 aromatic heterocycles. The zero-order chi connectivity index (χ0) is 19.9. The Balaban J connectivity index is 1.55. The number of esters is 1. The standard InChI is InChI=1S/C21H16FN3O3/c22-17-7-3-16(4-8-17)21(27)28-19-11-1-14(2-12-19)13-24-25-20(26)15-5-9-18(23)10-6-15/h1-13H,23H2,(H,25,26)/b24-13-. The number of rotatable bonds is 5. The summed E-state index contributed by atoms with van der Waals surface area (Å²) in [6.07, 6.45) is 1.46. The first-order valence-corrected chi connectivity index (χ1v) is 8.28. The van der Waals surface area contributed by atoms with Crippen LogP contribution in [0.3, 0.4) is 0 Å². The summed E-state index contributed by atoms with van der Waals surface area (Å²) in [6.45, 7) is 0. The topological polar surface area (TPSA) is 93.8 Å². The van der Waals surface area contributed by atoms with Crippen molar-refractivity contribution in [3.63, 3.8) is 0 Å². The SMILES string of the molecule is Nc1ccc(C(=O)N/N=C\c2ccc(OC(=O)c3ccc(F)cc3)cc2)cc1. The highest BCUT2D eigenvalue weighted by molar-refractivity contribution is 5.95. The summed E-state index contributed by atoms with van der Waals surface area (Å²) >= 11 is 0. The number of nitrogens with two attached hydrogens (primary N) is 1. The summed E-state index contributed by atoms with van der Waals surface area (Å²) in [5.41, 5.74) is 9.94. The number of ether oxygens (including phenoxy) is 1. The Hall–Kier alpha value is -4.00. The normalized spacial score (nSPS) is 10.6. The molecule has 0 aliphatic carbocycles. The molecular formula is C21H16FN3O3. The Morgan fingerprint density at radius 3 is 2.14 bits per heavy atom. The highest BCUT2D eigenvalue weighted by Crippen LogP contribution is 2.14. The lowest BCUT2D eigenvalue weighted by molar-refractivity contribution is 0.0734. The minimum atomic E-state index is -0.586. The first kappa shape index (κ1) is 18.8. The van der Waals surface area contributed by atoms with Crippen LogP contribution in [-0.4, -0.2) is 18.1 Å². The van der Waals surface area contributed by atoms with Gasteiger partial charge in [-0.1, -0.05) is 0 Å². The summed E-state index contributed by atoms with van der Waals surface area (Å²) in [5, 5.41) is 3.89. The van der Waals surface area contributed by atoms with Crippen LogP contribution in [0.15, 0.2) is 77.9 Å². The van der Waals surface area contributed by atoms with Crippen LogP contribution >= 0.6 is 0 Å². The zero-order valence-corrected chi connectivity index (χ0v) is 14.6. The summed E-state index contributed by atoms with van der Waals surface area (Å²) < 4.78 is 18.1. The van der Waals surface area contributed by atoms with Crippen LogP contribution in [0.4, 0.5) is 10.1 Å². The number of hydrogen-bond acceptors (Lipinski definition) is 5. The number of nitrogens with one attached hydrogen (secondary N) is 1. The van der Waals surface area contributed by atoms with Gasteiger partial charge in [-0.2, -0.15) is 5.10 Å². The minimum Gasteiger partial charge on any atom is -0.423 e. The Morgan fingerprint density at radius 1 is 0.893 bits per heavy atom. The van der Waals surface area contributed by atoms with Gasteiger partial charge in [-0.15, -0.1) is 0 Å². The van der Waals surface area contributed by atoms with E-state index in [9.17, 15) is 14.0 Å². The first-order chi connectivity index (χ1) is 13.5. The van der Waals surface area contributed by atoms with E-state index in [1.165, 1.54) is 30.5 Å². The van der Waals surface area contributed by atoms with Gasteiger partial charge in [0.1, 0.15) is 11.6 Å². The fourth-order valence-electron chi connectivity index (χ4n) is 2.24. The minimum absolute atomic E-state index is 0.248. The molecule has 3 aromatic carbocycles. The molecule has 6 nitrogen and oxygen atoms in total. The number of anilines is 1. The van der Waals surface area contributed by atoms with Crippen molar-refractivity contribution in [2.75, 3.05) is 5.73 Å². The van der Waals surface area contributed by atoms with Gasteiger partial charge in [0, 0.05) is 11.3 Å². The molecule has 140 valence electrons. The Labute approximate surface area is 160 Å². The molecule has 0 unspecified atom stereocenters. The maximum atomic E-state index is 12.9. The number of hydrogen-bond donors (Lipinski definition) is 2. The molecule has 0 bridgehead atoms. The lowest BCUT2D eigenvalue weighted by Gasteiger charge is -2.04. The maximum Gasteiger partial charge on any atom is 0.343 e. The third-order valence-electron chi connectivity index (χ3n) is 3.72. The molecule has 0 aliphatic heterocycles. The molecule has 0 fully saturated rings. The van der Waals surface area contributed by atoms with Crippen LogP contribution in [-0.2, 0) is 0 Å². The van der Waals surface area contributed by atoms with Crippen molar-refractivity contribution < 1.29 is 18.7 Å². The van der Waals surface area contributed by atoms with E-state index in [0.717, 1.165) is 0 Å². The third kappa shape index (κ3) is 5.01. The molecule has 7 heteroatoms. The van der Waals surface area contributed by atoms with Crippen LogP contribution < -0.4 is 15.9 Å². The average Bonchev–Trinajstić information content (AvgIpc) is 2.70. The molecule has 28 heavy (non-hydrogen) atoms. The molecule has 0 radical (unpaired) electrons. The van der Waals surface area contributed by atoms with Gasteiger partial charge in [0.2, 0.25) is 0 Å². The highest BCUT2D eigenvalue weighted by atomic mass is 19.1. The van der Waals surface area contributed by atoms with Gasteiger partial charge in [0.05, 0.1) is 11.8 Å². The zero-order valence-electron chi connectivity index (χ0n) is 14.6. The number of carbonyl (C=O) groups excluding carboxylic acids is 2.